The molecule has 0 rings (SSSR count). The van der Waals surface area contributed by atoms with E-state index in [1.807, 2.05) is 20.8 Å². The van der Waals surface area contributed by atoms with Crippen LogP contribution < -0.4 is 5.32 Å². The summed E-state index contributed by atoms with van der Waals surface area (Å²) in [5, 5.41) is 12.2. The third-order valence-corrected chi connectivity index (χ3v) is 1.59. The van der Waals surface area contributed by atoms with Crippen LogP contribution in [0.4, 0.5) is 0 Å². The normalized spacial score (nSPS) is 15.3. The summed E-state index contributed by atoms with van der Waals surface area (Å²) >= 11 is 0. The van der Waals surface area contributed by atoms with E-state index >= 15 is 0 Å². The third-order valence-electron chi connectivity index (χ3n) is 1.59. The first-order valence-corrected chi connectivity index (χ1v) is 3.53. The Balaban J connectivity index is 3.78. The van der Waals surface area contributed by atoms with Crippen molar-refractivity contribution in [2.75, 3.05) is 13.7 Å². The standard InChI is InChI=1S/C7H17NO2/c1-5-10-6(9)7(2,3)8-4/h6,8-9H,5H2,1-4H3. The fraction of sp³-hybridized carbons (Fsp3) is 1.00. The zero-order chi connectivity index (χ0) is 8.20. The minimum absolute atomic E-state index is 0.365. The van der Waals surface area contributed by atoms with Crippen LogP contribution in [0.1, 0.15) is 20.8 Å². The Morgan fingerprint density at radius 1 is 1.60 bits per heavy atom. The van der Waals surface area contributed by atoms with Gasteiger partial charge in [-0.1, -0.05) is 0 Å². The largest absolute Gasteiger partial charge is 0.366 e. The van der Waals surface area contributed by atoms with Gasteiger partial charge in [0.2, 0.25) is 0 Å². The summed E-state index contributed by atoms with van der Waals surface area (Å²) in [5.41, 5.74) is -0.365. The monoisotopic (exact) mass is 147 g/mol. The second kappa shape index (κ2) is 3.91. The molecule has 0 saturated heterocycles. The zero-order valence-corrected chi connectivity index (χ0v) is 7.14. The van der Waals surface area contributed by atoms with Gasteiger partial charge in [-0.25, -0.2) is 0 Å². The molecule has 62 valence electrons. The van der Waals surface area contributed by atoms with Crippen LogP contribution in [0.5, 0.6) is 0 Å². The maximum atomic E-state index is 9.29. The Morgan fingerprint density at radius 3 is 2.40 bits per heavy atom. The summed E-state index contributed by atoms with van der Waals surface area (Å²) in [7, 11) is 1.79. The summed E-state index contributed by atoms with van der Waals surface area (Å²) in [5.74, 6) is 0. The summed E-state index contributed by atoms with van der Waals surface area (Å²) < 4.78 is 4.99. The van der Waals surface area contributed by atoms with Crippen molar-refractivity contribution in [3.05, 3.63) is 0 Å². The molecule has 0 saturated carbocycles. The lowest BCUT2D eigenvalue weighted by Crippen LogP contribution is -2.48. The predicted octanol–water partition coefficient (Wildman–Crippen LogP) is 0.339. The Morgan fingerprint density at radius 2 is 2.10 bits per heavy atom. The first kappa shape index (κ1) is 9.88. The van der Waals surface area contributed by atoms with Gasteiger partial charge in [-0.05, 0) is 27.8 Å². The Bertz CT molecular complexity index is 93.6. The second-order valence-corrected chi connectivity index (χ2v) is 2.78. The maximum Gasteiger partial charge on any atom is 0.172 e. The van der Waals surface area contributed by atoms with E-state index in [1.54, 1.807) is 7.05 Å². The number of hydrogen-bond donors (Lipinski definition) is 2. The van der Waals surface area contributed by atoms with Crippen molar-refractivity contribution in [1.82, 2.24) is 5.32 Å². The van der Waals surface area contributed by atoms with E-state index in [9.17, 15) is 5.11 Å². The van der Waals surface area contributed by atoms with Gasteiger partial charge in [-0.3, -0.25) is 0 Å². The van der Waals surface area contributed by atoms with Gasteiger partial charge in [0.05, 0.1) is 5.54 Å². The van der Waals surface area contributed by atoms with E-state index in [0.717, 1.165) is 0 Å². The number of rotatable bonds is 4. The number of likely N-dealkylation sites (N-methyl/N-ethyl adjacent to an activating group) is 1. The molecule has 2 N–H and O–H groups in total. The van der Waals surface area contributed by atoms with E-state index in [-0.39, 0.29) is 5.54 Å². The lowest BCUT2D eigenvalue weighted by atomic mass is 10.1. The topological polar surface area (TPSA) is 41.5 Å². The van der Waals surface area contributed by atoms with Crippen LogP contribution >= 0.6 is 0 Å². The number of nitrogens with one attached hydrogen (secondary N) is 1. The van der Waals surface area contributed by atoms with Crippen LogP contribution in [0.2, 0.25) is 0 Å². The lowest BCUT2D eigenvalue weighted by molar-refractivity contribution is -0.139. The summed E-state index contributed by atoms with van der Waals surface area (Å²) in [6.07, 6.45) is -0.734. The fourth-order valence-electron chi connectivity index (χ4n) is 0.490. The van der Waals surface area contributed by atoms with E-state index in [1.165, 1.54) is 0 Å². The van der Waals surface area contributed by atoms with Crippen molar-refractivity contribution < 1.29 is 9.84 Å². The fourth-order valence-corrected chi connectivity index (χ4v) is 0.490. The van der Waals surface area contributed by atoms with Crippen LogP contribution in [0, 0.1) is 0 Å². The number of hydrogen-bond acceptors (Lipinski definition) is 3. The molecule has 0 aliphatic carbocycles. The molecule has 0 amide bonds. The summed E-state index contributed by atoms with van der Waals surface area (Å²) in [6, 6.07) is 0. The molecular formula is C7H17NO2. The van der Waals surface area contributed by atoms with Gasteiger partial charge >= 0.3 is 0 Å². The molecule has 0 aliphatic heterocycles. The Labute approximate surface area is 62.4 Å². The highest BCUT2D eigenvalue weighted by Crippen LogP contribution is 2.08. The van der Waals surface area contributed by atoms with Crippen LogP contribution in [0.3, 0.4) is 0 Å². The molecule has 3 heteroatoms. The van der Waals surface area contributed by atoms with Gasteiger partial charge in [0.25, 0.3) is 0 Å². The maximum absolute atomic E-state index is 9.29. The molecule has 1 atom stereocenters. The van der Waals surface area contributed by atoms with Crippen molar-refractivity contribution in [3.8, 4) is 0 Å². The highest BCUT2D eigenvalue weighted by molar-refractivity contribution is 4.78. The highest BCUT2D eigenvalue weighted by atomic mass is 16.6. The first-order chi connectivity index (χ1) is 4.54. The lowest BCUT2D eigenvalue weighted by Gasteiger charge is -2.29. The van der Waals surface area contributed by atoms with Crippen molar-refractivity contribution in [2.45, 2.75) is 32.6 Å². The number of ether oxygens (including phenoxy) is 1. The van der Waals surface area contributed by atoms with Gasteiger partial charge in [-0.2, -0.15) is 0 Å². The minimum Gasteiger partial charge on any atom is -0.366 e. The quantitative estimate of drug-likeness (QED) is 0.563. The van der Waals surface area contributed by atoms with E-state index in [0.29, 0.717) is 6.61 Å². The molecule has 0 spiro atoms. The average Bonchev–Trinajstić information content (AvgIpc) is 1.89. The van der Waals surface area contributed by atoms with Crippen molar-refractivity contribution in [1.29, 1.82) is 0 Å². The van der Waals surface area contributed by atoms with Gasteiger partial charge in [0.15, 0.2) is 6.29 Å². The van der Waals surface area contributed by atoms with Gasteiger partial charge in [0.1, 0.15) is 0 Å². The van der Waals surface area contributed by atoms with E-state index < -0.39 is 6.29 Å². The van der Waals surface area contributed by atoms with Crippen molar-refractivity contribution in [3.63, 3.8) is 0 Å². The molecule has 0 aromatic heterocycles. The molecule has 1 unspecified atom stereocenters. The smallest absolute Gasteiger partial charge is 0.172 e. The third kappa shape index (κ3) is 2.64. The van der Waals surface area contributed by atoms with Crippen LogP contribution in [-0.2, 0) is 4.74 Å². The summed E-state index contributed by atoms with van der Waals surface area (Å²) in [4.78, 5) is 0. The molecule has 0 fully saturated rings. The van der Waals surface area contributed by atoms with Gasteiger partial charge < -0.3 is 15.2 Å². The van der Waals surface area contributed by atoms with E-state index in [4.69, 9.17) is 4.74 Å². The van der Waals surface area contributed by atoms with Crippen molar-refractivity contribution >= 4 is 0 Å². The highest BCUT2D eigenvalue weighted by Gasteiger charge is 2.25. The SMILES string of the molecule is CCOC(O)C(C)(C)NC. The second-order valence-electron chi connectivity index (χ2n) is 2.78. The zero-order valence-electron chi connectivity index (χ0n) is 7.14. The predicted molar refractivity (Wildman–Crippen MR) is 40.8 cm³/mol. The molecular weight excluding hydrogens is 130 g/mol. The number of aliphatic hydroxyl groups is 1. The summed E-state index contributed by atoms with van der Waals surface area (Å²) in [6.45, 7) is 6.15. The molecule has 10 heavy (non-hydrogen) atoms. The molecule has 0 aromatic carbocycles. The van der Waals surface area contributed by atoms with Gasteiger partial charge in [0, 0.05) is 6.61 Å². The Kier molecular flexibility index (Phi) is 3.86. The van der Waals surface area contributed by atoms with Crippen LogP contribution in [0.15, 0.2) is 0 Å². The van der Waals surface area contributed by atoms with E-state index in [2.05, 4.69) is 5.32 Å². The Hall–Kier alpha value is -0.120. The molecule has 0 heterocycles. The van der Waals surface area contributed by atoms with Crippen LogP contribution in [0.25, 0.3) is 0 Å². The molecule has 0 bridgehead atoms. The minimum atomic E-state index is -0.734. The van der Waals surface area contributed by atoms with Crippen molar-refractivity contribution in [2.24, 2.45) is 0 Å². The van der Waals surface area contributed by atoms with Gasteiger partial charge in [-0.15, -0.1) is 0 Å². The first-order valence-electron chi connectivity index (χ1n) is 3.53. The van der Waals surface area contributed by atoms with Crippen LogP contribution in [-0.4, -0.2) is 30.6 Å². The average molecular weight is 147 g/mol. The molecule has 0 aromatic rings. The number of aliphatic hydroxyl groups excluding tert-OH is 1. The molecule has 3 nitrogen and oxygen atoms in total. The molecule has 0 radical (unpaired) electrons. The molecule has 0 aliphatic rings.